The summed E-state index contributed by atoms with van der Waals surface area (Å²) in [6.07, 6.45) is -0.742. The largest absolute Gasteiger partial charge is 0.466 e. The lowest BCUT2D eigenvalue weighted by Gasteiger charge is -2.10. The lowest BCUT2D eigenvalue weighted by molar-refractivity contribution is -0.141. The van der Waals surface area contributed by atoms with E-state index >= 15 is 0 Å². The van der Waals surface area contributed by atoms with E-state index in [-0.39, 0.29) is 6.61 Å². The van der Waals surface area contributed by atoms with Crippen LogP contribution in [0.1, 0.15) is 29.3 Å². The number of halogens is 4. The van der Waals surface area contributed by atoms with Gasteiger partial charge in [-0.2, -0.15) is 0 Å². The molecule has 0 saturated carbocycles. The number of Topliss-reactive ketones (excluding diaryl/α,β-unsaturated/α-hetero) is 1. The Morgan fingerprint density at radius 1 is 1.16 bits per heavy atom. The number of benzene rings is 1. The van der Waals surface area contributed by atoms with Crippen LogP contribution in [0.25, 0.3) is 0 Å². The number of carbonyl (C=O) groups excluding carboxylic acids is 2. The van der Waals surface area contributed by atoms with Crippen molar-refractivity contribution in [1.29, 1.82) is 0 Å². The first kappa shape index (κ1) is 15.7. The SMILES string of the molecule is CCOC(=O)CC(=O)c1c(F)c(C)c(F)c(F)c1Br. The fourth-order valence-corrected chi connectivity index (χ4v) is 2.00. The van der Waals surface area contributed by atoms with Crippen molar-refractivity contribution in [2.45, 2.75) is 20.3 Å². The van der Waals surface area contributed by atoms with Gasteiger partial charge < -0.3 is 4.74 Å². The average Bonchev–Trinajstić information content (AvgIpc) is 2.34. The van der Waals surface area contributed by atoms with E-state index in [4.69, 9.17) is 0 Å². The maximum absolute atomic E-state index is 13.8. The zero-order chi connectivity index (χ0) is 14.7. The lowest BCUT2D eigenvalue weighted by atomic mass is 10.0. The minimum atomic E-state index is -1.38. The summed E-state index contributed by atoms with van der Waals surface area (Å²) >= 11 is 2.62. The number of rotatable bonds is 4. The van der Waals surface area contributed by atoms with Crippen LogP contribution in [-0.4, -0.2) is 18.4 Å². The number of carbonyl (C=O) groups is 2. The topological polar surface area (TPSA) is 43.4 Å². The standard InChI is InChI=1S/C12H10BrF3O3/c1-3-19-7(18)4-6(17)8-9(13)12(16)11(15)5(2)10(8)14/h3-4H2,1-2H3. The van der Waals surface area contributed by atoms with E-state index in [0.717, 1.165) is 6.92 Å². The van der Waals surface area contributed by atoms with Crippen molar-refractivity contribution in [3.05, 3.63) is 33.1 Å². The van der Waals surface area contributed by atoms with Crippen molar-refractivity contribution >= 4 is 27.7 Å². The molecule has 0 aromatic heterocycles. The molecule has 0 aliphatic carbocycles. The molecular formula is C12H10BrF3O3. The van der Waals surface area contributed by atoms with Crippen LogP contribution < -0.4 is 0 Å². The van der Waals surface area contributed by atoms with Crippen molar-refractivity contribution in [3.63, 3.8) is 0 Å². The van der Waals surface area contributed by atoms with Gasteiger partial charge in [0.05, 0.1) is 16.6 Å². The summed E-state index contributed by atoms with van der Waals surface area (Å²) in [6.45, 7) is 2.61. The van der Waals surface area contributed by atoms with Crippen LogP contribution in [0, 0.1) is 24.4 Å². The number of hydrogen-bond acceptors (Lipinski definition) is 3. The summed E-state index contributed by atoms with van der Waals surface area (Å²) in [6, 6.07) is 0. The average molecular weight is 339 g/mol. The first-order valence-corrected chi connectivity index (χ1v) is 6.11. The third-order valence-corrected chi connectivity index (χ3v) is 3.12. The number of ketones is 1. The highest BCUT2D eigenvalue weighted by Gasteiger charge is 2.27. The second-order valence-corrected chi connectivity index (χ2v) is 4.45. The molecule has 3 nitrogen and oxygen atoms in total. The molecule has 0 fully saturated rings. The summed E-state index contributed by atoms with van der Waals surface area (Å²) in [5, 5.41) is 0. The van der Waals surface area contributed by atoms with Crippen LogP contribution in [0.15, 0.2) is 4.47 Å². The van der Waals surface area contributed by atoms with Gasteiger partial charge in [0.25, 0.3) is 0 Å². The van der Waals surface area contributed by atoms with Crippen molar-refractivity contribution in [2.24, 2.45) is 0 Å². The van der Waals surface area contributed by atoms with Gasteiger partial charge >= 0.3 is 5.97 Å². The summed E-state index contributed by atoms with van der Waals surface area (Å²) in [5.41, 5.74) is -1.31. The second-order valence-electron chi connectivity index (χ2n) is 3.66. The quantitative estimate of drug-likeness (QED) is 0.278. The highest BCUT2D eigenvalue weighted by atomic mass is 79.9. The van der Waals surface area contributed by atoms with Crippen LogP contribution in [0.2, 0.25) is 0 Å². The molecule has 0 aliphatic heterocycles. The molecule has 0 bridgehead atoms. The predicted molar refractivity (Wildman–Crippen MR) is 64.3 cm³/mol. The Bertz CT molecular complexity index is 515. The minimum absolute atomic E-state index is 0.0621. The van der Waals surface area contributed by atoms with Gasteiger partial charge in [0, 0.05) is 5.56 Å². The summed E-state index contributed by atoms with van der Waals surface area (Å²) in [4.78, 5) is 22.9. The molecule has 19 heavy (non-hydrogen) atoms. The Morgan fingerprint density at radius 2 is 1.74 bits per heavy atom. The summed E-state index contributed by atoms with van der Waals surface area (Å²) in [5.74, 6) is -5.78. The van der Waals surface area contributed by atoms with E-state index in [1.54, 1.807) is 6.92 Å². The Labute approximate surface area is 115 Å². The number of hydrogen-bond donors (Lipinski definition) is 0. The number of esters is 1. The normalized spacial score (nSPS) is 10.4. The van der Waals surface area contributed by atoms with Gasteiger partial charge in [-0.25, -0.2) is 13.2 Å². The smallest absolute Gasteiger partial charge is 0.313 e. The van der Waals surface area contributed by atoms with Crippen molar-refractivity contribution in [2.75, 3.05) is 6.61 Å². The molecule has 0 radical (unpaired) electrons. The first-order chi connectivity index (χ1) is 8.81. The van der Waals surface area contributed by atoms with Gasteiger partial charge in [0.2, 0.25) is 0 Å². The predicted octanol–water partition coefficient (Wildman–Crippen LogP) is 3.31. The third-order valence-electron chi connectivity index (χ3n) is 2.37. The molecule has 0 amide bonds. The molecule has 0 atom stereocenters. The van der Waals surface area contributed by atoms with Crippen LogP contribution in [0.3, 0.4) is 0 Å². The zero-order valence-electron chi connectivity index (χ0n) is 10.2. The zero-order valence-corrected chi connectivity index (χ0v) is 11.7. The molecule has 1 aromatic rings. The molecule has 0 saturated heterocycles. The molecule has 0 N–H and O–H groups in total. The van der Waals surface area contributed by atoms with Gasteiger partial charge in [0.15, 0.2) is 17.4 Å². The van der Waals surface area contributed by atoms with Gasteiger partial charge in [-0.1, -0.05) is 0 Å². The van der Waals surface area contributed by atoms with E-state index in [1.807, 2.05) is 0 Å². The van der Waals surface area contributed by atoms with Gasteiger partial charge in [0.1, 0.15) is 12.2 Å². The van der Waals surface area contributed by atoms with Crippen LogP contribution >= 0.6 is 15.9 Å². The molecule has 1 aromatic carbocycles. The minimum Gasteiger partial charge on any atom is -0.466 e. The molecule has 0 aliphatic rings. The molecule has 0 unspecified atom stereocenters. The van der Waals surface area contributed by atoms with E-state index < -0.39 is 51.2 Å². The number of ether oxygens (including phenoxy) is 1. The Balaban J connectivity index is 3.21. The summed E-state index contributed by atoms with van der Waals surface area (Å²) in [7, 11) is 0. The lowest BCUT2D eigenvalue weighted by Crippen LogP contribution is -2.15. The fourth-order valence-electron chi connectivity index (χ4n) is 1.43. The van der Waals surface area contributed by atoms with E-state index in [1.165, 1.54) is 0 Å². The Kier molecular flexibility index (Phi) is 5.11. The Morgan fingerprint density at radius 3 is 2.26 bits per heavy atom. The first-order valence-electron chi connectivity index (χ1n) is 5.32. The fraction of sp³-hybridized carbons (Fsp3) is 0.333. The van der Waals surface area contributed by atoms with Crippen LogP contribution in [0.5, 0.6) is 0 Å². The van der Waals surface area contributed by atoms with Crippen molar-refractivity contribution in [1.82, 2.24) is 0 Å². The third kappa shape index (κ3) is 3.15. The second kappa shape index (κ2) is 6.18. The van der Waals surface area contributed by atoms with Gasteiger partial charge in [-0.05, 0) is 29.8 Å². The van der Waals surface area contributed by atoms with Gasteiger partial charge in [-0.15, -0.1) is 0 Å². The maximum Gasteiger partial charge on any atom is 0.313 e. The van der Waals surface area contributed by atoms with Crippen molar-refractivity contribution < 1.29 is 27.5 Å². The van der Waals surface area contributed by atoms with E-state index in [0.29, 0.717) is 0 Å². The molecule has 1 rings (SSSR count). The van der Waals surface area contributed by atoms with Crippen LogP contribution in [-0.2, 0) is 9.53 Å². The van der Waals surface area contributed by atoms with Crippen LogP contribution in [0.4, 0.5) is 13.2 Å². The molecular weight excluding hydrogens is 329 g/mol. The molecule has 0 heterocycles. The van der Waals surface area contributed by atoms with E-state index in [2.05, 4.69) is 20.7 Å². The molecule has 104 valence electrons. The highest BCUT2D eigenvalue weighted by Crippen LogP contribution is 2.30. The Hall–Kier alpha value is -1.37. The molecule has 0 spiro atoms. The van der Waals surface area contributed by atoms with Crippen molar-refractivity contribution in [3.8, 4) is 0 Å². The molecule has 7 heteroatoms. The summed E-state index contributed by atoms with van der Waals surface area (Å²) < 4.78 is 44.3. The van der Waals surface area contributed by atoms with Gasteiger partial charge in [-0.3, -0.25) is 9.59 Å². The van der Waals surface area contributed by atoms with E-state index in [9.17, 15) is 22.8 Å². The monoisotopic (exact) mass is 338 g/mol. The highest BCUT2D eigenvalue weighted by molar-refractivity contribution is 9.10. The maximum atomic E-state index is 13.8.